The van der Waals surface area contributed by atoms with Gasteiger partial charge in [0.2, 0.25) is 0 Å². The predicted molar refractivity (Wildman–Crippen MR) is 96.4 cm³/mol. The molecule has 0 aliphatic heterocycles. The zero-order valence-corrected chi connectivity index (χ0v) is 22.5. The third kappa shape index (κ3) is 78.0. The first-order valence-electron chi connectivity index (χ1n) is 8.24. The fourth-order valence-electron chi connectivity index (χ4n) is 1.46. The fourth-order valence-corrected chi connectivity index (χ4v) is 9.77. The molecule has 0 aromatic rings. The summed E-state index contributed by atoms with van der Waals surface area (Å²) in [5.41, 5.74) is 0. The summed E-state index contributed by atoms with van der Waals surface area (Å²) in [5.74, 6) is 0. The molecule has 0 unspecified atom stereocenters. The first kappa shape index (κ1) is 56.2. The van der Waals surface area contributed by atoms with Crippen molar-refractivity contribution in [3.8, 4) is 0 Å². The van der Waals surface area contributed by atoms with Crippen LogP contribution < -0.4 is 34.4 Å². The largest absolute Gasteiger partial charge is 1.00 e. The van der Waals surface area contributed by atoms with E-state index >= 15 is 0 Å². The van der Waals surface area contributed by atoms with E-state index in [9.17, 15) is 0 Å². The number of unbranched alkanes of at least 4 members (excludes halogenated alkanes) is 4. The van der Waals surface area contributed by atoms with Gasteiger partial charge < -0.3 is 34.4 Å². The zero-order valence-electron chi connectivity index (χ0n) is 16.8. The molecule has 0 saturated heterocycles. The Hall–Kier alpha value is 1.14. The molecule has 0 atom stereocenters. The van der Waals surface area contributed by atoms with Crippen LogP contribution in [0.25, 0.3) is 0 Å². The smallest absolute Gasteiger partial charge is 0.369 e. The molecular formula is C16H40F6NSn2-. The summed E-state index contributed by atoms with van der Waals surface area (Å²) in [4.78, 5) is 0. The molecule has 0 amide bonds. The van der Waals surface area contributed by atoms with Crippen molar-refractivity contribution in [3.63, 3.8) is 0 Å². The van der Waals surface area contributed by atoms with Crippen molar-refractivity contribution < 1.29 is 28.2 Å². The molecule has 0 bridgehead atoms. The molecular weight excluding hydrogens is 558 g/mol. The van der Waals surface area contributed by atoms with E-state index < -0.39 is 0 Å². The number of rotatable bonds is 12. The molecule has 0 aromatic carbocycles. The van der Waals surface area contributed by atoms with Gasteiger partial charge in [-0.15, -0.1) is 0 Å². The molecule has 0 radical (unpaired) electrons. The van der Waals surface area contributed by atoms with Gasteiger partial charge in [0, 0.05) is 0 Å². The van der Waals surface area contributed by atoms with Crippen LogP contribution in [0.1, 0.15) is 79.1 Å². The zero-order chi connectivity index (χ0) is 13.9. The summed E-state index contributed by atoms with van der Waals surface area (Å²) >= 11 is 0.299. The fraction of sp³-hybridized carbons (Fsp3) is 1.00. The summed E-state index contributed by atoms with van der Waals surface area (Å²) in [7, 11) is 0. The predicted octanol–water partition coefficient (Wildman–Crippen LogP) is -11.3. The monoisotopic (exact) mass is 600 g/mol. The van der Waals surface area contributed by atoms with Gasteiger partial charge in [-0.05, 0) is 0 Å². The molecule has 0 aliphatic carbocycles. The van der Waals surface area contributed by atoms with Crippen molar-refractivity contribution in [2.75, 3.05) is 0 Å². The van der Waals surface area contributed by atoms with Crippen LogP contribution >= 0.6 is 0 Å². The summed E-state index contributed by atoms with van der Waals surface area (Å²) in [6, 6.07) is 0. The molecule has 0 rings (SSSR count). The standard InChI is InChI=1S/4C4H9.6FH.H3N.2Sn/c4*1-3-4-2;;;;;;;;;/h4*1,3-4H2,2H3;6*1H;1H3;;/q;;;;;;;;;;;2*+2/p-5. The van der Waals surface area contributed by atoms with Crippen molar-refractivity contribution >= 4 is 42.3 Å². The number of hydrogen-bond donors (Lipinski definition) is 1. The molecule has 0 saturated carbocycles. The summed E-state index contributed by atoms with van der Waals surface area (Å²) in [6.07, 6.45) is 11.7. The van der Waals surface area contributed by atoms with Gasteiger partial charge in [-0.1, -0.05) is 0 Å². The molecule has 0 aliphatic rings. The average molecular weight is 598 g/mol. The Morgan fingerprint density at radius 2 is 0.560 bits per heavy atom. The van der Waals surface area contributed by atoms with Crippen molar-refractivity contribution in [1.82, 2.24) is 6.15 Å². The molecule has 0 heterocycles. The molecule has 0 aromatic heterocycles. The first-order chi connectivity index (χ1) is 8.83. The third-order valence-corrected chi connectivity index (χ3v) is 10.9. The molecule has 25 heavy (non-hydrogen) atoms. The minimum atomic E-state index is 0. The third-order valence-electron chi connectivity index (χ3n) is 2.83. The maximum Gasteiger partial charge on any atom is -0.369 e. The molecule has 160 valence electrons. The van der Waals surface area contributed by atoms with Crippen LogP contribution in [0.15, 0.2) is 0 Å². The topological polar surface area (TPSA) is 36.5 Å². The van der Waals surface area contributed by atoms with E-state index in [0.29, 0.717) is 0 Å². The summed E-state index contributed by atoms with van der Waals surface area (Å²) < 4.78 is 6.50. The van der Waals surface area contributed by atoms with Crippen molar-refractivity contribution in [3.05, 3.63) is 0 Å². The average Bonchev–Trinajstić information content (AvgIpc) is 2.39. The van der Waals surface area contributed by atoms with Gasteiger partial charge in [0.1, 0.15) is 0 Å². The minimum Gasteiger partial charge on any atom is -1.00 e. The van der Waals surface area contributed by atoms with Crippen LogP contribution in [0.5, 0.6) is 0 Å². The van der Waals surface area contributed by atoms with Crippen LogP contribution in [0.3, 0.4) is 0 Å². The van der Waals surface area contributed by atoms with Crippen LogP contribution in [0, 0.1) is 0 Å². The Morgan fingerprint density at radius 1 is 0.400 bits per heavy atom. The van der Waals surface area contributed by atoms with E-state index in [4.69, 9.17) is 0 Å². The van der Waals surface area contributed by atoms with E-state index in [2.05, 4.69) is 27.7 Å². The molecule has 0 fully saturated rings. The SMILES string of the molecule is CCC[CH2][Sn+2][CH2]CCC.CCC[CH2][Sn+2][CH2]CCC.[F-].[F-].[F-].[F-].[F-].[F-].[NH4+]. The van der Waals surface area contributed by atoms with Gasteiger partial charge in [-0.3, -0.25) is 0 Å². The quantitative estimate of drug-likeness (QED) is 0.132. The van der Waals surface area contributed by atoms with Gasteiger partial charge in [0.25, 0.3) is 0 Å². The maximum absolute atomic E-state index is 2.29. The van der Waals surface area contributed by atoms with E-state index in [0.717, 1.165) is 0 Å². The first-order valence-corrected chi connectivity index (χ1v) is 16.3. The summed E-state index contributed by atoms with van der Waals surface area (Å²) in [6.45, 7) is 9.16. The van der Waals surface area contributed by atoms with E-state index in [1.165, 1.54) is 51.4 Å². The van der Waals surface area contributed by atoms with E-state index in [1.54, 1.807) is 17.7 Å². The molecule has 1 nitrogen and oxygen atoms in total. The Morgan fingerprint density at radius 3 is 0.680 bits per heavy atom. The minimum absolute atomic E-state index is 0. The second-order valence-electron chi connectivity index (χ2n) is 4.91. The van der Waals surface area contributed by atoms with E-state index in [1.807, 2.05) is 0 Å². The molecule has 0 spiro atoms. The van der Waals surface area contributed by atoms with Gasteiger partial charge in [0.05, 0.1) is 0 Å². The van der Waals surface area contributed by atoms with Gasteiger partial charge in [-0.2, -0.15) is 0 Å². The molecule has 4 N–H and O–H groups in total. The normalized spacial score (nSPS) is 6.56. The maximum atomic E-state index is 2.29. The van der Waals surface area contributed by atoms with Crippen LogP contribution in [0.2, 0.25) is 17.7 Å². The van der Waals surface area contributed by atoms with Crippen LogP contribution in [0.4, 0.5) is 0 Å². The number of halogens is 6. The Bertz CT molecular complexity index is 115. The number of quaternary nitrogens is 1. The Labute approximate surface area is 172 Å². The molecule has 9 heteroatoms. The van der Waals surface area contributed by atoms with Gasteiger partial charge >= 0.3 is 139 Å². The second kappa shape index (κ2) is 63.9. The van der Waals surface area contributed by atoms with Crippen molar-refractivity contribution in [1.29, 1.82) is 0 Å². The number of hydrogen-bond acceptors (Lipinski definition) is 0. The van der Waals surface area contributed by atoms with E-state index in [-0.39, 0.29) is 76.7 Å². The van der Waals surface area contributed by atoms with Gasteiger partial charge in [-0.25, -0.2) is 0 Å². The summed E-state index contributed by atoms with van der Waals surface area (Å²) in [5, 5.41) is 0. The Kier molecular flexibility index (Phi) is 144. The van der Waals surface area contributed by atoms with Crippen LogP contribution in [-0.2, 0) is 0 Å². The Balaban J connectivity index is -0.0000000229. The van der Waals surface area contributed by atoms with Crippen molar-refractivity contribution in [2.24, 2.45) is 0 Å². The van der Waals surface area contributed by atoms with Crippen LogP contribution in [-0.4, -0.2) is 42.3 Å². The second-order valence-corrected chi connectivity index (χ2v) is 13.5. The van der Waals surface area contributed by atoms with Crippen molar-refractivity contribution in [2.45, 2.75) is 96.8 Å². The van der Waals surface area contributed by atoms with Gasteiger partial charge in [0.15, 0.2) is 0 Å².